The first-order chi connectivity index (χ1) is 6.83. The van der Waals surface area contributed by atoms with Gasteiger partial charge in [0.15, 0.2) is 5.78 Å². The highest BCUT2D eigenvalue weighted by atomic mass is 16.1. The van der Waals surface area contributed by atoms with Gasteiger partial charge in [0, 0.05) is 6.42 Å². The summed E-state index contributed by atoms with van der Waals surface area (Å²) >= 11 is 0. The van der Waals surface area contributed by atoms with Crippen LogP contribution in [-0.2, 0) is 17.6 Å². The molecule has 0 bridgehead atoms. The van der Waals surface area contributed by atoms with Crippen molar-refractivity contribution in [3.05, 3.63) is 47.0 Å². The first kappa shape index (κ1) is 7.98. The van der Waals surface area contributed by atoms with Crippen molar-refractivity contribution in [3.8, 4) is 0 Å². The quantitative estimate of drug-likeness (QED) is 0.604. The molecule has 0 saturated heterocycles. The van der Waals surface area contributed by atoms with E-state index in [1.165, 1.54) is 16.7 Å². The highest BCUT2D eigenvalue weighted by Gasteiger charge is 2.29. The van der Waals surface area contributed by atoms with Gasteiger partial charge in [-0.15, -0.1) is 0 Å². The van der Waals surface area contributed by atoms with E-state index in [4.69, 9.17) is 0 Å². The van der Waals surface area contributed by atoms with Gasteiger partial charge in [0.2, 0.25) is 0 Å². The van der Waals surface area contributed by atoms with Crippen LogP contribution in [0.5, 0.6) is 0 Å². The second-order valence-corrected chi connectivity index (χ2v) is 4.24. The number of rotatable bonds is 0. The van der Waals surface area contributed by atoms with Crippen LogP contribution in [0.3, 0.4) is 0 Å². The van der Waals surface area contributed by atoms with Crippen molar-refractivity contribution in [1.82, 2.24) is 0 Å². The average Bonchev–Trinajstić information content (AvgIpc) is 2.53. The second kappa shape index (κ2) is 2.81. The molecule has 2 aliphatic rings. The van der Waals surface area contributed by atoms with Crippen molar-refractivity contribution >= 4 is 5.78 Å². The third-order valence-electron chi connectivity index (χ3n) is 3.30. The fourth-order valence-electron chi connectivity index (χ4n) is 2.57. The van der Waals surface area contributed by atoms with Gasteiger partial charge in [-0.3, -0.25) is 4.79 Å². The lowest BCUT2D eigenvalue weighted by atomic mass is 9.81. The van der Waals surface area contributed by atoms with Crippen molar-refractivity contribution in [2.24, 2.45) is 5.92 Å². The van der Waals surface area contributed by atoms with Gasteiger partial charge >= 0.3 is 0 Å². The zero-order valence-electron chi connectivity index (χ0n) is 7.99. The molecule has 0 spiro atoms. The highest BCUT2D eigenvalue weighted by Crippen LogP contribution is 2.35. The molecule has 0 N–H and O–H groups in total. The minimum Gasteiger partial charge on any atom is -0.295 e. The third kappa shape index (κ3) is 1.12. The van der Waals surface area contributed by atoms with Crippen LogP contribution >= 0.6 is 0 Å². The van der Waals surface area contributed by atoms with E-state index < -0.39 is 0 Å². The van der Waals surface area contributed by atoms with Crippen LogP contribution in [0.1, 0.15) is 17.5 Å². The van der Waals surface area contributed by atoms with Gasteiger partial charge < -0.3 is 0 Å². The van der Waals surface area contributed by atoms with Crippen LogP contribution in [0.4, 0.5) is 0 Å². The Morgan fingerprint density at radius 1 is 1.07 bits per heavy atom. The molecule has 0 heterocycles. The van der Waals surface area contributed by atoms with Crippen LogP contribution in [0.25, 0.3) is 0 Å². The maximum absolute atomic E-state index is 11.3. The maximum atomic E-state index is 11.3. The van der Waals surface area contributed by atoms with Crippen LogP contribution < -0.4 is 0 Å². The van der Waals surface area contributed by atoms with Gasteiger partial charge in [-0.25, -0.2) is 0 Å². The number of hydrogen-bond acceptors (Lipinski definition) is 1. The van der Waals surface area contributed by atoms with E-state index in [1.54, 1.807) is 0 Å². The molecule has 1 atom stereocenters. The van der Waals surface area contributed by atoms with Gasteiger partial charge in [-0.1, -0.05) is 29.8 Å². The van der Waals surface area contributed by atoms with Crippen LogP contribution in [0, 0.1) is 5.92 Å². The standard InChI is InChI=1S/C13H12O/c14-13-7-11-5-9-3-1-2-4-10(9)6-12(11)8-13/h1-4,7,12H,5-6,8H2. The number of carbonyl (C=O) groups excluding carboxylic acids is 1. The molecule has 1 aromatic rings. The lowest BCUT2D eigenvalue weighted by Gasteiger charge is -2.23. The molecule has 1 heteroatoms. The first-order valence-electron chi connectivity index (χ1n) is 5.13. The first-order valence-corrected chi connectivity index (χ1v) is 5.13. The monoisotopic (exact) mass is 184 g/mol. The Morgan fingerprint density at radius 2 is 1.86 bits per heavy atom. The van der Waals surface area contributed by atoms with Crippen molar-refractivity contribution in [2.45, 2.75) is 19.3 Å². The van der Waals surface area contributed by atoms with Gasteiger partial charge in [-0.05, 0) is 36.0 Å². The number of allylic oxidation sites excluding steroid dienone is 2. The Labute approximate surface area is 83.4 Å². The second-order valence-electron chi connectivity index (χ2n) is 4.24. The molecule has 14 heavy (non-hydrogen) atoms. The van der Waals surface area contributed by atoms with E-state index >= 15 is 0 Å². The summed E-state index contributed by atoms with van der Waals surface area (Å²) in [7, 11) is 0. The van der Waals surface area contributed by atoms with Crippen molar-refractivity contribution < 1.29 is 4.79 Å². The molecule has 1 unspecified atom stereocenters. The SMILES string of the molecule is O=C1C=C2Cc3ccccc3CC2C1. The zero-order chi connectivity index (χ0) is 9.54. The fraction of sp³-hybridized carbons (Fsp3) is 0.308. The molecule has 70 valence electrons. The minimum atomic E-state index is 0.317. The van der Waals surface area contributed by atoms with Gasteiger partial charge in [0.05, 0.1) is 0 Å². The molecular formula is C13H12O. The topological polar surface area (TPSA) is 17.1 Å². The summed E-state index contributed by atoms with van der Waals surface area (Å²) in [4.78, 5) is 11.3. The molecule has 3 rings (SSSR count). The van der Waals surface area contributed by atoms with Crippen molar-refractivity contribution in [1.29, 1.82) is 0 Å². The summed E-state index contributed by atoms with van der Waals surface area (Å²) in [6.07, 6.45) is 4.66. The van der Waals surface area contributed by atoms with E-state index in [0.717, 1.165) is 19.3 Å². The summed E-state index contributed by atoms with van der Waals surface area (Å²) in [5.74, 6) is 0.829. The summed E-state index contributed by atoms with van der Waals surface area (Å²) in [5.41, 5.74) is 4.20. The summed E-state index contributed by atoms with van der Waals surface area (Å²) in [6.45, 7) is 0. The third-order valence-corrected chi connectivity index (χ3v) is 3.30. The molecular weight excluding hydrogens is 172 g/mol. The number of benzene rings is 1. The smallest absolute Gasteiger partial charge is 0.156 e. The normalized spacial score (nSPS) is 24.1. The summed E-state index contributed by atoms with van der Waals surface area (Å²) in [5, 5.41) is 0. The van der Waals surface area contributed by atoms with E-state index in [9.17, 15) is 4.79 Å². The maximum Gasteiger partial charge on any atom is 0.156 e. The molecule has 0 fully saturated rings. The van der Waals surface area contributed by atoms with E-state index in [2.05, 4.69) is 24.3 Å². The number of hydrogen-bond donors (Lipinski definition) is 0. The van der Waals surface area contributed by atoms with Crippen LogP contribution in [-0.4, -0.2) is 5.78 Å². The molecule has 1 nitrogen and oxygen atoms in total. The molecule has 1 aromatic carbocycles. The highest BCUT2D eigenvalue weighted by molar-refractivity contribution is 5.93. The number of ketones is 1. The van der Waals surface area contributed by atoms with Crippen LogP contribution in [0.2, 0.25) is 0 Å². The molecule has 0 aromatic heterocycles. The summed E-state index contributed by atoms with van der Waals surface area (Å²) < 4.78 is 0. The molecule has 0 radical (unpaired) electrons. The number of fused-ring (bicyclic) bond motifs is 2. The lowest BCUT2D eigenvalue weighted by molar-refractivity contribution is -0.114. The predicted octanol–water partition coefficient (Wildman–Crippen LogP) is 2.30. The van der Waals surface area contributed by atoms with Gasteiger partial charge in [0.1, 0.15) is 0 Å². The van der Waals surface area contributed by atoms with Crippen molar-refractivity contribution in [2.75, 3.05) is 0 Å². The Hall–Kier alpha value is -1.37. The molecule has 0 aliphatic heterocycles. The Bertz CT molecular complexity index is 429. The minimum absolute atomic E-state index is 0.317. The fourth-order valence-corrected chi connectivity index (χ4v) is 2.57. The molecule has 0 saturated carbocycles. The van der Waals surface area contributed by atoms with E-state index in [1.807, 2.05) is 6.08 Å². The Balaban J connectivity index is 2.03. The lowest BCUT2D eigenvalue weighted by Crippen LogP contribution is -2.14. The Morgan fingerprint density at radius 3 is 2.71 bits per heavy atom. The molecule has 0 amide bonds. The van der Waals surface area contributed by atoms with Crippen molar-refractivity contribution in [3.63, 3.8) is 0 Å². The van der Waals surface area contributed by atoms with E-state index in [0.29, 0.717) is 11.7 Å². The largest absolute Gasteiger partial charge is 0.295 e. The average molecular weight is 184 g/mol. The van der Waals surface area contributed by atoms with E-state index in [-0.39, 0.29) is 0 Å². The van der Waals surface area contributed by atoms with Gasteiger partial charge in [-0.2, -0.15) is 0 Å². The number of carbonyl (C=O) groups is 1. The Kier molecular flexibility index (Phi) is 1.60. The molecule has 2 aliphatic carbocycles. The summed E-state index contributed by atoms with van der Waals surface area (Å²) in [6, 6.07) is 8.53. The predicted molar refractivity (Wildman–Crippen MR) is 55.0 cm³/mol. The zero-order valence-corrected chi connectivity index (χ0v) is 7.99. The van der Waals surface area contributed by atoms with Gasteiger partial charge in [0.25, 0.3) is 0 Å². The van der Waals surface area contributed by atoms with Crippen LogP contribution in [0.15, 0.2) is 35.9 Å².